The van der Waals surface area contributed by atoms with Crippen molar-refractivity contribution in [3.8, 4) is 11.5 Å². The second-order valence-electron chi connectivity index (χ2n) is 6.30. The molecule has 0 radical (unpaired) electrons. The summed E-state index contributed by atoms with van der Waals surface area (Å²) in [6, 6.07) is 4.89. The van der Waals surface area contributed by atoms with Gasteiger partial charge in [0.2, 0.25) is 0 Å². The first-order valence-corrected chi connectivity index (χ1v) is 8.24. The van der Waals surface area contributed by atoms with Gasteiger partial charge >= 0.3 is 5.97 Å². The Bertz CT molecular complexity index is 793. The number of carbonyl (C=O) groups excluding carboxylic acids is 2. The van der Waals surface area contributed by atoms with Crippen LogP contribution in [0.5, 0.6) is 11.5 Å². The molecule has 25 heavy (non-hydrogen) atoms. The summed E-state index contributed by atoms with van der Waals surface area (Å²) in [7, 11) is 2.79. The van der Waals surface area contributed by atoms with Gasteiger partial charge in [0.1, 0.15) is 5.92 Å². The second kappa shape index (κ2) is 6.70. The van der Waals surface area contributed by atoms with E-state index in [9.17, 15) is 14.7 Å². The Kier molecular flexibility index (Phi) is 4.61. The molecular formula is C19H21NO5. The third kappa shape index (κ3) is 2.92. The van der Waals surface area contributed by atoms with E-state index in [1.807, 2.05) is 0 Å². The molecule has 1 N–H and O–H groups in total. The monoisotopic (exact) mass is 343 g/mol. The minimum Gasteiger partial charge on any atom is -0.504 e. The average molecular weight is 343 g/mol. The quantitative estimate of drug-likeness (QED) is 0.853. The normalized spacial score (nSPS) is 23.0. The van der Waals surface area contributed by atoms with Crippen molar-refractivity contribution in [3.63, 3.8) is 0 Å². The maximum Gasteiger partial charge on any atom is 0.315 e. The molecule has 2 aliphatic rings. The fraction of sp³-hybridized carbons (Fsp3) is 0.421. The van der Waals surface area contributed by atoms with Crippen molar-refractivity contribution in [2.75, 3.05) is 14.2 Å². The largest absolute Gasteiger partial charge is 0.504 e. The molecule has 6 nitrogen and oxygen atoms in total. The molecule has 0 amide bonds. The van der Waals surface area contributed by atoms with Crippen LogP contribution in [0.25, 0.3) is 0 Å². The molecule has 1 aromatic carbocycles. The zero-order valence-electron chi connectivity index (χ0n) is 14.5. The van der Waals surface area contributed by atoms with Gasteiger partial charge in [-0.15, -0.1) is 0 Å². The third-order valence-electron chi connectivity index (χ3n) is 4.85. The van der Waals surface area contributed by atoms with Crippen LogP contribution in [0.1, 0.15) is 37.7 Å². The molecule has 0 saturated heterocycles. The highest BCUT2D eigenvalue weighted by Crippen LogP contribution is 2.45. The van der Waals surface area contributed by atoms with Crippen molar-refractivity contribution in [3.05, 3.63) is 35.0 Å². The summed E-state index contributed by atoms with van der Waals surface area (Å²) >= 11 is 0. The van der Waals surface area contributed by atoms with E-state index in [0.29, 0.717) is 23.5 Å². The molecule has 0 fully saturated rings. The lowest BCUT2D eigenvalue weighted by Crippen LogP contribution is -2.36. The molecule has 1 aliphatic heterocycles. The molecule has 6 heteroatoms. The van der Waals surface area contributed by atoms with Gasteiger partial charge in [0.15, 0.2) is 17.3 Å². The summed E-state index contributed by atoms with van der Waals surface area (Å²) in [5.74, 6) is -1.26. The second-order valence-corrected chi connectivity index (χ2v) is 6.30. The number of Topliss-reactive ketones (excluding diaryl/α,β-unsaturated/α-hetero) is 1. The number of nitrogens with zero attached hydrogens (tertiary/aromatic N) is 1. The van der Waals surface area contributed by atoms with Crippen LogP contribution in [0, 0.1) is 5.92 Å². The van der Waals surface area contributed by atoms with Gasteiger partial charge in [0, 0.05) is 29.3 Å². The number of esters is 1. The van der Waals surface area contributed by atoms with Crippen LogP contribution >= 0.6 is 0 Å². The standard InChI is InChI=1S/C19H21NO5/c1-10-16(19(23)25-3)17(11-7-8-13(21)15(9-11)24-2)18-12(20-10)5-4-6-14(18)22/h7-9,16-17,21H,4-6H2,1-3H3/t16?,17-/m1/s1. The molecule has 1 heterocycles. The van der Waals surface area contributed by atoms with Crippen LogP contribution in [0.15, 0.2) is 34.5 Å². The van der Waals surface area contributed by atoms with E-state index in [2.05, 4.69) is 4.99 Å². The number of aliphatic imine (C=N–C) groups is 1. The van der Waals surface area contributed by atoms with Crippen molar-refractivity contribution in [2.45, 2.75) is 32.1 Å². The number of aromatic hydroxyl groups is 1. The Morgan fingerprint density at radius 1 is 1.28 bits per heavy atom. The van der Waals surface area contributed by atoms with Gasteiger partial charge in [0.25, 0.3) is 0 Å². The minimum absolute atomic E-state index is 0.00578. The predicted octanol–water partition coefficient (Wildman–Crippen LogP) is 2.76. The van der Waals surface area contributed by atoms with Crippen LogP contribution in [0.4, 0.5) is 0 Å². The number of rotatable bonds is 3. The summed E-state index contributed by atoms with van der Waals surface area (Å²) < 4.78 is 10.2. The molecular weight excluding hydrogens is 322 g/mol. The average Bonchev–Trinajstić information content (AvgIpc) is 2.60. The number of ketones is 1. The number of carbonyl (C=O) groups is 2. The maximum atomic E-state index is 12.6. The topological polar surface area (TPSA) is 85.2 Å². The summed E-state index contributed by atoms with van der Waals surface area (Å²) in [5.41, 5.74) is 2.70. The molecule has 1 aromatic rings. The van der Waals surface area contributed by atoms with E-state index < -0.39 is 17.8 Å². The van der Waals surface area contributed by atoms with Crippen molar-refractivity contribution in [1.82, 2.24) is 0 Å². The van der Waals surface area contributed by atoms with Gasteiger partial charge in [-0.05, 0) is 37.5 Å². The summed E-state index contributed by atoms with van der Waals surface area (Å²) in [4.78, 5) is 29.6. The van der Waals surface area contributed by atoms with E-state index in [1.165, 1.54) is 20.3 Å². The highest BCUT2D eigenvalue weighted by molar-refractivity contribution is 6.08. The number of benzene rings is 1. The van der Waals surface area contributed by atoms with Crippen molar-refractivity contribution in [2.24, 2.45) is 10.9 Å². The fourth-order valence-corrected chi connectivity index (χ4v) is 3.69. The van der Waals surface area contributed by atoms with Crippen molar-refractivity contribution in [1.29, 1.82) is 0 Å². The van der Waals surface area contributed by atoms with Crippen LogP contribution in [0.3, 0.4) is 0 Å². The molecule has 2 atom stereocenters. The lowest BCUT2D eigenvalue weighted by molar-refractivity contribution is -0.143. The highest BCUT2D eigenvalue weighted by Gasteiger charge is 2.43. The van der Waals surface area contributed by atoms with Gasteiger partial charge in [-0.2, -0.15) is 0 Å². The van der Waals surface area contributed by atoms with Crippen LogP contribution in [-0.4, -0.2) is 36.8 Å². The van der Waals surface area contributed by atoms with Crippen LogP contribution in [-0.2, 0) is 14.3 Å². The number of phenolic OH excluding ortho intramolecular Hbond substituents is 1. The summed E-state index contributed by atoms with van der Waals surface area (Å²) in [6.07, 6.45) is 1.94. The first-order chi connectivity index (χ1) is 12.0. The SMILES string of the molecule is COC(=O)C1C(C)=NC2=C(C(=O)CCC2)[C@@H]1c1ccc(O)c(OC)c1. The molecule has 3 rings (SSSR count). The number of methoxy groups -OCH3 is 2. The van der Waals surface area contributed by atoms with Crippen LogP contribution in [0.2, 0.25) is 0 Å². The molecule has 0 bridgehead atoms. The van der Waals surface area contributed by atoms with E-state index in [-0.39, 0.29) is 11.5 Å². The van der Waals surface area contributed by atoms with Gasteiger partial charge in [0.05, 0.1) is 14.2 Å². The number of hydrogen-bond donors (Lipinski definition) is 1. The lowest BCUT2D eigenvalue weighted by atomic mass is 9.71. The van der Waals surface area contributed by atoms with Crippen molar-refractivity contribution >= 4 is 17.5 Å². The first kappa shape index (κ1) is 17.2. The lowest BCUT2D eigenvalue weighted by Gasteiger charge is -2.34. The van der Waals surface area contributed by atoms with Crippen molar-refractivity contribution < 1.29 is 24.2 Å². The molecule has 132 valence electrons. The number of phenols is 1. The summed E-state index contributed by atoms with van der Waals surface area (Å²) in [6.45, 7) is 1.79. The zero-order chi connectivity index (χ0) is 18.1. The van der Waals surface area contributed by atoms with E-state index in [4.69, 9.17) is 9.47 Å². The van der Waals surface area contributed by atoms with E-state index in [1.54, 1.807) is 19.1 Å². The number of allylic oxidation sites excluding steroid dienone is 2. The minimum atomic E-state index is -0.667. The van der Waals surface area contributed by atoms with Gasteiger partial charge < -0.3 is 14.6 Å². The van der Waals surface area contributed by atoms with Gasteiger partial charge in [-0.25, -0.2) is 0 Å². The molecule has 0 aromatic heterocycles. The van der Waals surface area contributed by atoms with E-state index in [0.717, 1.165) is 24.1 Å². The Balaban J connectivity index is 2.19. The summed E-state index contributed by atoms with van der Waals surface area (Å²) in [5, 5.41) is 9.87. The molecule has 0 saturated carbocycles. The Morgan fingerprint density at radius 2 is 2.04 bits per heavy atom. The van der Waals surface area contributed by atoms with Gasteiger partial charge in [-0.1, -0.05) is 6.07 Å². The molecule has 1 unspecified atom stereocenters. The molecule has 1 aliphatic carbocycles. The number of hydrogen-bond acceptors (Lipinski definition) is 6. The zero-order valence-corrected chi connectivity index (χ0v) is 14.5. The van der Waals surface area contributed by atoms with Crippen LogP contribution < -0.4 is 4.74 Å². The Hall–Kier alpha value is -2.63. The highest BCUT2D eigenvalue weighted by atomic mass is 16.5. The Labute approximate surface area is 146 Å². The first-order valence-electron chi connectivity index (χ1n) is 8.24. The van der Waals surface area contributed by atoms with Gasteiger partial charge in [-0.3, -0.25) is 14.6 Å². The predicted molar refractivity (Wildman–Crippen MR) is 91.9 cm³/mol. The molecule has 0 spiro atoms. The smallest absolute Gasteiger partial charge is 0.315 e. The third-order valence-corrected chi connectivity index (χ3v) is 4.85. The Morgan fingerprint density at radius 3 is 2.72 bits per heavy atom. The maximum absolute atomic E-state index is 12.6. The number of ether oxygens (including phenoxy) is 2. The fourth-order valence-electron chi connectivity index (χ4n) is 3.69. The van der Waals surface area contributed by atoms with E-state index >= 15 is 0 Å².